The maximum Gasteiger partial charge on any atom is 0.177 e. The molecule has 0 bridgehead atoms. The van der Waals surface area contributed by atoms with Crippen LogP contribution < -0.4 is 0 Å². The van der Waals surface area contributed by atoms with Crippen molar-refractivity contribution in [2.45, 2.75) is 0 Å². The van der Waals surface area contributed by atoms with Gasteiger partial charge in [-0.1, -0.05) is 0 Å². The van der Waals surface area contributed by atoms with Gasteiger partial charge in [-0.2, -0.15) is 31.6 Å². The van der Waals surface area contributed by atoms with Crippen molar-refractivity contribution in [1.82, 2.24) is 19.9 Å². The number of benzene rings is 1. The van der Waals surface area contributed by atoms with Crippen molar-refractivity contribution >= 4 is 32.8 Å². The van der Waals surface area contributed by atoms with Crippen LogP contribution in [0, 0.1) is 68.0 Å². The second-order valence-corrected chi connectivity index (χ2v) is 5.85. The Bertz CT molecular complexity index is 1350. The van der Waals surface area contributed by atoms with Crippen LogP contribution in [0.2, 0.25) is 0 Å². The maximum atomic E-state index is 9.36. The third-order valence-corrected chi connectivity index (χ3v) is 4.34. The van der Waals surface area contributed by atoms with Gasteiger partial charge in [-0.15, -0.1) is 0 Å². The largest absolute Gasteiger partial charge is 0.233 e. The van der Waals surface area contributed by atoms with Crippen LogP contribution in [-0.2, 0) is 0 Å². The summed E-state index contributed by atoms with van der Waals surface area (Å²) in [6, 6.07) is 13.8. The first-order chi connectivity index (χ1) is 14.6. The number of fused-ring (bicyclic) bond motifs is 6. The molecule has 0 amide bonds. The number of pyridine rings is 2. The molecule has 0 aliphatic rings. The lowest BCUT2D eigenvalue weighted by atomic mass is 10.0. The zero-order valence-electron chi connectivity index (χ0n) is 14.6. The van der Waals surface area contributed by atoms with Gasteiger partial charge in [0.15, 0.2) is 22.8 Å². The number of hydrogen-bond donors (Lipinski definition) is 0. The lowest BCUT2D eigenvalue weighted by Crippen LogP contribution is -2.02. The van der Waals surface area contributed by atoms with Crippen LogP contribution in [0.5, 0.6) is 0 Å². The Kier molecular flexibility index (Phi) is 3.83. The first kappa shape index (κ1) is 17.7. The molecule has 0 radical (unpaired) electrons. The second-order valence-electron chi connectivity index (χ2n) is 5.85. The summed E-state index contributed by atoms with van der Waals surface area (Å²) in [4.78, 5) is 16.9. The molecule has 30 heavy (non-hydrogen) atoms. The van der Waals surface area contributed by atoms with Crippen LogP contribution in [0.25, 0.3) is 32.8 Å². The van der Waals surface area contributed by atoms with Crippen molar-refractivity contribution in [1.29, 1.82) is 31.6 Å². The minimum Gasteiger partial charge on any atom is -0.233 e. The Hall–Kier alpha value is -5.68. The minimum atomic E-state index is -0.226. The van der Waals surface area contributed by atoms with E-state index in [1.54, 1.807) is 12.1 Å². The Labute approximate surface area is 167 Å². The molecule has 10 nitrogen and oxygen atoms in total. The smallest absolute Gasteiger partial charge is 0.177 e. The van der Waals surface area contributed by atoms with Gasteiger partial charge in [-0.3, -0.25) is 0 Å². The van der Waals surface area contributed by atoms with Crippen LogP contribution in [0.3, 0.4) is 0 Å². The van der Waals surface area contributed by atoms with E-state index in [4.69, 9.17) is 0 Å². The number of nitrogens with zero attached hydrogens (tertiary/aromatic N) is 10. The molecule has 0 fully saturated rings. The molecule has 3 aromatic heterocycles. The summed E-state index contributed by atoms with van der Waals surface area (Å²) in [6.07, 6.45) is 0. The minimum absolute atomic E-state index is 0.0236. The highest BCUT2D eigenvalue weighted by atomic mass is 14.9. The Morgan fingerprint density at radius 3 is 1.00 bits per heavy atom. The van der Waals surface area contributed by atoms with Crippen molar-refractivity contribution in [2.24, 2.45) is 0 Å². The van der Waals surface area contributed by atoms with E-state index in [-0.39, 0.29) is 66.7 Å². The SMILES string of the molecule is N#Cc1cc2c(nc1C#N)c1nc(C#N)c(C#N)cc1c1nc(C#N)c(C#N)nc21. The highest BCUT2D eigenvalue weighted by Crippen LogP contribution is 2.33. The molecule has 0 aliphatic heterocycles. The molecule has 4 aromatic rings. The first-order valence-electron chi connectivity index (χ1n) is 8.04. The maximum absolute atomic E-state index is 9.36. The van der Waals surface area contributed by atoms with Gasteiger partial charge < -0.3 is 0 Å². The van der Waals surface area contributed by atoms with Gasteiger partial charge >= 0.3 is 0 Å². The monoisotopic (exact) mass is 382 g/mol. The highest BCUT2D eigenvalue weighted by Gasteiger charge is 2.20. The van der Waals surface area contributed by atoms with Gasteiger partial charge in [0.2, 0.25) is 0 Å². The molecular formula is C20H2N10. The van der Waals surface area contributed by atoms with E-state index < -0.39 is 0 Å². The lowest BCUT2D eigenvalue weighted by Gasteiger charge is -2.10. The molecule has 0 N–H and O–H groups in total. The van der Waals surface area contributed by atoms with Crippen LogP contribution in [0.1, 0.15) is 33.9 Å². The summed E-state index contributed by atoms with van der Waals surface area (Å²) < 4.78 is 0. The number of hydrogen-bond acceptors (Lipinski definition) is 10. The summed E-state index contributed by atoms with van der Waals surface area (Å²) in [6.45, 7) is 0. The van der Waals surface area contributed by atoms with E-state index in [2.05, 4.69) is 19.9 Å². The predicted octanol–water partition coefficient (Wildman–Crippen LogP) is 1.96. The van der Waals surface area contributed by atoms with Crippen molar-refractivity contribution < 1.29 is 0 Å². The average Bonchev–Trinajstić information content (AvgIpc) is 2.81. The van der Waals surface area contributed by atoms with Crippen molar-refractivity contribution in [3.8, 4) is 36.4 Å². The van der Waals surface area contributed by atoms with Crippen LogP contribution in [0.4, 0.5) is 0 Å². The molecule has 0 spiro atoms. The first-order valence-corrected chi connectivity index (χ1v) is 8.04. The van der Waals surface area contributed by atoms with E-state index >= 15 is 0 Å². The Morgan fingerprint density at radius 1 is 0.433 bits per heavy atom. The number of nitriles is 6. The highest BCUT2D eigenvalue weighted by molar-refractivity contribution is 6.21. The average molecular weight is 382 g/mol. The Balaban J connectivity index is 2.42. The molecule has 0 saturated carbocycles. The van der Waals surface area contributed by atoms with E-state index in [1.165, 1.54) is 12.1 Å². The quantitative estimate of drug-likeness (QED) is 0.405. The van der Waals surface area contributed by atoms with Crippen molar-refractivity contribution in [2.75, 3.05) is 0 Å². The fourth-order valence-electron chi connectivity index (χ4n) is 3.06. The van der Waals surface area contributed by atoms with Gasteiger partial charge in [-0.05, 0) is 12.1 Å². The van der Waals surface area contributed by atoms with Gasteiger partial charge in [0.05, 0.1) is 11.1 Å². The van der Waals surface area contributed by atoms with Gasteiger partial charge in [0.1, 0.15) is 58.5 Å². The molecule has 0 atom stereocenters. The van der Waals surface area contributed by atoms with E-state index in [9.17, 15) is 31.6 Å². The zero-order chi connectivity index (χ0) is 21.4. The molecule has 132 valence electrons. The summed E-state index contributed by atoms with van der Waals surface area (Å²) >= 11 is 0. The fourth-order valence-corrected chi connectivity index (χ4v) is 3.06. The number of rotatable bonds is 0. The summed E-state index contributed by atoms with van der Waals surface area (Å²) in [5, 5.41) is 56.6. The fraction of sp³-hybridized carbons (Fsp3) is 0. The third kappa shape index (κ3) is 2.31. The molecule has 3 heterocycles. The molecule has 4 rings (SSSR count). The van der Waals surface area contributed by atoms with Gasteiger partial charge in [0, 0.05) is 10.8 Å². The molecular weight excluding hydrogens is 380 g/mol. The predicted molar refractivity (Wildman–Crippen MR) is 98.4 cm³/mol. The van der Waals surface area contributed by atoms with Gasteiger partial charge in [0.25, 0.3) is 0 Å². The summed E-state index contributed by atoms with van der Waals surface area (Å²) in [7, 11) is 0. The third-order valence-electron chi connectivity index (χ3n) is 4.34. The molecule has 0 saturated heterocycles. The standard InChI is InChI=1S/C20H2N10/c21-3-9-1-11-17(27-13(9)5-23)18-12(2-10(4-22)14(6-24)28-18)20-19(11)29-15(7-25)16(8-26)30-20/h1-2H. The van der Waals surface area contributed by atoms with E-state index in [0.29, 0.717) is 0 Å². The van der Waals surface area contributed by atoms with Crippen LogP contribution in [0.15, 0.2) is 12.1 Å². The normalized spacial score (nSPS) is 9.80. The topological polar surface area (TPSA) is 194 Å². The summed E-state index contributed by atoms with van der Waals surface area (Å²) in [5.74, 6) is 0. The van der Waals surface area contributed by atoms with Crippen molar-refractivity contribution in [3.05, 3.63) is 46.0 Å². The van der Waals surface area contributed by atoms with Crippen LogP contribution >= 0.6 is 0 Å². The second kappa shape index (κ2) is 6.49. The molecule has 1 aromatic carbocycles. The van der Waals surface area contributed by atoms with Crippen LogP contribution in [-0.4, -0.2) is 19.9 Å². The molecule has 10 heteroatoms. The number of aromatic nitrogens is 4. The lowest BCUT2D eigenvalue weighted by molar-refractivity contribution is 1.20. The Morgan fingerprint density at radius 2 is 0.733 bits per heavy atom. The van der Waals surface area contributed by atoms with Gasteiger partial charge in [-0.25, -0.2) is 19.9 Å². The summed E-state index contributed by atoms with van der Waals surface area (Å²) in [5.41, 5.74) is -0.210. The molecule has 0 unspecified atom stereocenters. The van der Waals surface area contributed by atoms with E-state index in [0.717, 1.165) is 0 Å². The zero-order valence-corrected chi connectivity index (χ0v) is 14.6. The van der Waals surface area contributed by atoms with Crippen molar-refractivity contribution in [3.63, 3.8) is 0 Å². The van der Waals surface area contributed by atoms with E-state index in [1.807, 2.05) is 24.3 Å². The molecule has 0 aliphatic carbocycles.